The number of rotatable bonds is 1. The molecule has 2 N–H and O–H groups in total. The quantitative estimate of drug-likeness (QED) is 0.705. The van der Waals surface area contributed by atoms with E-state index in [1.54, 1.807) is 5.38 Å². The fourth-order valence-electron chi connectivity index (χ4n) is 1.05. The number of carbonyl (C=O) groups excluding carboxylic acids is 1. The zero-order valence-electron chi connectivity index (χ0n) is 6.85. The van der Waals surface area contributed by atoms with Crippen LogP contribution in [0.3, 0.4) is 0 Å². The number of aryl methyl sites for hydroxylation is 1. The van der Waals surface area contributed by atoms with Gasteiger partial charge in [0.25, 0.3) is 11.9 Å². The molecule has 68 valence electrons. The first-order valence-corrected chi connectivity index (χ1v) is 4.51. The van der Waals surface area contributed by atoms with Gasteiger partial charge < -0.3 is 10.5 Å². The van der Waals surface area contributed by atoms with Gasteiger partial charge in [-0.15, -0.1) is 11.3 Å². The van der Waals surface area contributed by atoms with E-state index in [9.17, 15) is 4.79 Å². The SMILES string of the molecule is Cc1nc(C2OC(N)=NC2=O)cs1. The number of aromatic nitrogens is 1. The van der Waals surface area contributed by atoms with Gasteiger partial charge in [-0.25, -0.2) is 4.98 Å². The van der Waals surface area contributed by atoms with Crippen LogP contribution in [0.15, 0.2) is 10.4 Å². The smallest absolute Gasteiger partial charge is 0.297 e. The number of carbonyl (C=O) groups is 1. The molecule has 1 aromatic rings. The normalized spacial score (nSPS) is 21.5. The summed E-state index contributed by atoms with van der Waals surface area (Å²) >= 11 is 1.46. The molecule has 1 aliphatic rings. The largest absolute Gasteiger partial charge is 0.445 e. The maximum absolute atomic E-state index is 11.2. The van der Waals surface area contributed by atoms with Crippen molar-refractivity contribution in [1.82, 2.24) is 4.98 Å². The topological polar surface area (TPSA) is 77.6 Å². The first kappa shape index (κ1) is 8.18. The first-order chi connectivity index (χ1) is 6.16. The van der Waals surface area contributed by atoms with Gasteiger partial charge in [-0.1, -0.05) is 0 Å². The van der Waals surface area contributed by atoms with Crippen LogP contribution < -0.4 is 5.73 Å². The number of thiazole rings is 1. The third-order valence-corrected chi connectivity index (χ3v) is 2.38. The van der Waals surface area contributed by atoms with Crippen molar-refractivity contribution in [1.29, 1.82) is 0 Å². The Morgan fingerprint density at radius 3 is 2.92 bits per heavy atom. The van der Waals surface area contributed by atoms with E-state index in [-0.39, 0.29) is 11.9 Å². The molecule has 0 fully saturated rings. The Labute approximate surface area is 78.3 Å². The van der Waals surface area contributed by atoms with Crippen LogP contribution >= 0.6 is 11.3 Å². The molecule has 2 heterocycles. The molecular weight excluding hydrogens is 190 g/mol. The van der Waals surface area contributed by atoms with Crippen molar-refractivity contribution in [3.63, 3.8) is 0 Å². The zero-order chi connectivity index (χ0) is 9.42. The maximum Gasteiger partial charge on any atom is 0.297 e. The van der Waals surface area contributed by atoms with Crippen LogP contribution in [-0.4, -0.2) is 16.9 Å². The fourth-order valence-corrected chi connectivity index (χ4v) is 1.68. The van der Waals surface area contributed by atoms with Crippen molar-refractivity contribution in [2.75, 3.05) is 0 Å². The van der Waals surface area contributed by atoms with Crippen LogP contribution in [0.5, 0.6) is 0 Å². The summed E-state index contributed by atoms with van der Waals surface area (Å²) in [6, 6.07) is -0.0827. The molecule has 0 bridgehead atoms. The van der Waals surface area contributed by atoms with Gasteiger partial charge in [0.1, 0.15) is 5.69 Å². The van der Waals surface area contributed by atoms with Crippen molar-refractivity contribution in [3.05, 3.63) is 16.1 Å². The average molecular weight is 197 g/mol. The van der Waals surface area contributed by atoms with E-state index < -0.39 is 6.10 Å². The van der Waals surface area contributed by atoms with Gasteiger partial charge >= 0.3 is 0 Å². The maximum atomic E-state index is 11.2. The van der Waals surface area contributed by atoms with E-state index >= 15 is 0 Å². The van der Waals surface area contributed by atoms with Gasteiger partial charge in [-0.3, -0.25) is 4.79 Å². The lowest BCUT2D eigenvalue weighted by atomic mass is 10.3. The lowest BCUT2D eigenvalue weighted by Gasteiger charge is -2.03. The molecule has 0 radical (unpaired) electrons. The number of hydrogen-bond acceptors (Lipinski definition) is 5. The van der Waals surface area contributed by atoms with Gasteiger partial charge in [0, 0.05) is 5.38 Å². The minimum Gasteiger partial charge on any atom is -0.445 e. The Hall–Kier alpha value is -1.43. The molecule has 1 aliphatic heterocycles. The third-order valence-electron chi connectivity index (χ3n) is 1.59. The highest BCUT2D eigenvalue weighted by Gasteiger charge is 2.31. The van der Waals surface area contributed by atoms with Crippen molar-refractivity contribution in [2.45, 2.75) is 13.0 Å². The van der Waals surface area contributed by atoms with Gasteiger partial charge in [-0.05, 0) is 6.92 Å². The van der Waals surface area contributed by atoms with Crippen molar-refractivity contribution in [2.24, 2.45) is 10.7 Å². The number of nitrogens with zero attached hydrogens (tertiary/aromatic N) is 2. The van der Waals surface area contributed by atoms with Crippen molar-refractivity contribution < 1.29 is 9.53 Å². The number of ether oxygens (including phenoxy) is 1. The summed E-state index contributed by atoms with van der Waals surface area (Å²) in [5, 5.41) is 2.66. The molecule has 13 heavy (non-hydrogen) atoms. The molecule has 6 heteroatoms. The van der Waals surface area contributed by atoms with Gasteiger partial charge in [0.15, 0.2) is 0 Å². The highest BCUT2D eigenvalue weighted by Crippen LogP contribution is 2.24. The van der Waals surface area contributed by atoms with Crippen LogP contribution in [0.2, 0.25) is 0 Å². The number of nitrogens with two attached hydrogens (primary N) is 1. The third kappa shape index (κ3) is 1.40. The number of amidine groups is 1. The first-order valence-electron chi connectivity index (χ1n) is 3.63. The second kappa shape index (κ2) is 2.81. The van der Waals surface area contributed by atoms with Crippen LogP contribution in [0.25, 0.3) is 0 Å². The average Bonchev–Trinajstić information content (AvgIpc) is 2.58. The molecule has 2 rings (SSSR count). The summed E-state index contributed by atoms with van der Waals surface area (Å²) in [6.07, 6.45) is -0.732. The molecule has 1 amide bonds. The number of hydrogen-bond donors (Lipinski definition) is 1. The minimum absolute atomic E-state index is 0.0827. The summed E-state index contributed by atoms with van der Waals surface area (Å²) in [5.41, 5.74) is 5.82. The van der Waals surface area contributed by atoms with E-state index in [1.165, 1.54) is 11.3 Å². The summed E-state index contributed by atoms with van der Waals surface area (Å²) in [6.45, 7) is 1.86. The van der Waals surface area contributed by atoms with Gasteiger partial charge in [0.05, 0.1) is 5.01 Å². The van der Waals surface area contributed by atoms with Crippen LogP contribution in [-0.2, 0) is 9.53 Å². The summed E-state index contributed by atoms with van der Waals surface area (Å²) in [7, 11) is 0. The zero-order valence-corrected chi connectivity index (χ0v) is 7.67. The van der Waals surface area contributed by atoms with Crippen LogP contribution in [0, 0.1) is 6.92 Å². The van der Waals surface area contributed by atoms with Crippen LogP contribution in [0.4, 0.5) is 0 Å². The summed E-state index contributed by atoms with van der Waals surface area (Å²) < 4.78 is 5.00. The molecule has 0 spiro atoms. The molecular formula is C7H7N3O2S. The molecule has 1 aromatic heterocycles. The van der Waals surface area contributed by atoms with Crippen molar-refractivity contribution >= 4 is 23.3 Å². The molecule has 0 saturated carbocycles. The monoisotopic (exact) mass is 197 g/mol. The molecule has 5 nitrogen and oxygen atoms in total. The molecule has 0 aromatic carbocycles. The molecule has 1 atom stereocenters. The summed E-state index contributed by atoms with van der Waals surface area (Å²) in [5.74, 6) is -0.386. The fraction of sp³-hybridized carbons (Fsp3) is 0.286. The lowest BCUT2D eigenvalue weighted by molar-refractivity contribution is -0.123. The highest BCUT2D eigenvalue weighted by molar-refractivity contribution is 7.09. The minimum atomic E-state index is -0.732. The predicted molar refractivity (Wildman–Crippen MR) is 47.3 cm³/mol. The Balaban J connectivity index is 2.25. The standard InChI is InChI=1S/C7H7N3O2S/c1-3-9-4(2-13-3)5-6(11)10-7(8)12-5/h2,5H,1H3,(H2,8,10,11). The van der Waals surface area contributed by atoms with E-state index in [4.69, 9.17) is 10.5 Å². The Morgan fingerprint density at radius 2 is 2.46 bits per heavy atom. The van der Waals surface area contributed by atoms with Gasteiger partial charge in [0.2, 0.25) is 6.10 Å². The van der Waals surface area contributed by atoms with E-state index in [0.29, 0.717) is 5.69 Å². The Kier molecular flexibility index (Phi) is 1.77. The Morgan fingerprint density at radius 1 is 1.69 bits per heavy atom. The summed E-state index contributed by atoms with van der Waals surface area (Å²) in [4.78, 5) is 18.7. The van der Waals surface area contributed by atoms with E-state index in [0.717, 1.165) is 5.01 Å². The van der Waals surface area contributed by atoms with Crippen LogP contribution in [0.1, 0.15) is 16.8 Å². The van der Waals surface area contributed by atoms with Gasteiger partial charge in [-0.2, -0.15) is 4.99 Å². The molecule has 0 aliphatic carbocycles. The Bertz CT molecular complexity index is 385. The van der Waals surface area contributed by atoms with Crippen molar-refractivity contribution in [3.8, 4) is 0 Å². The molecule has 0 saturated heterocycles. The van der Waals surface area contributed by atoms with E-state index in [2.05, 4.69) is 9.98 Å². The lowest BCUT2D eigenvalue weighted by Crippen LogP contribution is -2.14. The molecule has 1 unspecified atom stereocenters. The highest BCUT2D eigenvalue weighted by atomic mass is 32.1. The predicted octanol–water partition coefficient (Wildman–Crippen LogP) is 0.364. The number of amides is 1. The van der Waals surface area contributed by atoms with E-state index in [1.807, 2.05) is 6.92 Å². The second-order valence-corrected chi connectivity index (χ2v) is 3.64. The number of aliphatic imine (C=N–C) groups is 1. The second-order valence-electron chi connectivity index (χ2n) is 2.58.